The van der Waals surface area contributed by atoms with Crippen LogP contribution in [0.25, 0.3) is 0 Å². The monoisotopic (exact) mass is 254 g/mol. The maximum absolute atomic E-state index is 10.6. The average Bonchev–Trinajstić information content (AvgIpc) is 2.42. The molecular formula is C15H14N2O2. The van der Waals surface area contributed by atoms with Gasteiger partial charge in [0.25, 0.3) is 5.69 Å². The number of nitro groups is 1. The SMILES string of the molecule is CN=C(c1ccc(C)cc1)c1ccc([N+](=O)[O-])cc1. The molecule has 0 aromatic heterocycles. The Morgan fingerprint density at radius 2 is 1.47 bits per heavy atom. The zero-order chi connectivity index (χ0) is 13.8. The van der Waals surface area contributed by atoms with E-state index in [9.17, 15) is 10.1 Å². The molecule has 0 fully saturated rings. The molecule has 19 heavy (non-hydrogen) atoms. The lowest BCUT2D eigenvalue weighted by Gasteiger charge is -2.06. The topological polar surface area (TPSA) is 55.5 Å². The third-order valence-electron chi connectivity index (χ3n) is 2.90. The maximum Gasteiger partial charge on any atom is 0.269 e. The Morgan fingerprint density at radius 1 is 1.00 bits per heavy atom. The van der Waals surface area contributed by atoms with Gasteiger partial charge in [0, 0.05) is 30.3 Å². The van der Waals surface area contributed by atoms with Gasteiger partial charge in [-0.25, -0.2) is 0 Å². The zero-order valence-electron chi connectivity index (χ0n) is 10.8. The van der Waals surface area contributed by atoms with Crippen LogP contribution in [0.2, 0.25) is 0 Å². The number of non-ortho nitro benzene ring substituents is 1. The van der Waals surface area contributed by atoms with Crippen LogP contribution >= 0.6 is 0 Å². The van der Waals surface area contributed by atoms with Gasteiger partial charge in [-0.05, 0) is 19.1 Å². The van der Waals surface area contributed by atoms with Crippen LogP contribution in [0, 0.1) is 17.0 Å². The number of nitro benzene ring substituents is 1. The summed E-state index contributed by atoms with van der Waals surface area (Å²) in [5.74, 6) is 0. The van der Waals surface area contributed by atoms with E-state index in [4.69, 9.17) is 0 Å². The smallest absolute Gasteiger partial charge is 0.269 e. The predicted octanol–water partition coefficient (Wildman–Crippen LogP) is 3.37. The first kappa shape index (κ1) is 13.0. The molecule has 0 atom stereocenters. The summed E-state index contributed by atoms with van der Waals surface area (Å²) in [6, 6.07) is 14.5. The molecule has 0 aliphatic heterocycles. The van der Waals surface area contributed by atoms with Crippen LogP contribution in [0.4, 0.5) is 5.69 Å². The molecule has 0 bridgehead atoms. The molecule has 2 aromatic rings. The number of aliphatic imine (C=N–C) groups is 1. The van der Waals surface area contributed by atoms with Crippen LogP contribution in [-0.2, 0) is 0 Å². The molecule has 0 unspecified atom stereocenters. The molecule has 2 aromatic carbocycles. The van der Waals surface area contributed by atoms with Gasteiger partial charge in [0.1, 0.15) is 0 Å². The highest BCUT2D eigenvalue weighted by atomic mass is 16.6. The number of rotatable bonds is 3. The van der Waals surface area contributed by atoms with Gasteiger partial charge in [0.15, 0.2) is 0 Å². The molecule has 0 saturated heterocycles. The standard InChI is InChI=1S/C15H14N2O2/c1-11-3-5-12(6-4-11)15(16-2)13-7-9-14(10-8-13)17(18)19/h3-10H,1-2H3. The van der Waals surface area contributed by atoms with Crippen molar-refractivity contribution in [2.24, 2.45) is 4.99 Å². The fraction of sp³-hybridized carbons (Fsp3) is 0.133. The van der Waals surface area contributed by atoms with Crippen molar-refractivity contribution in [3.63, 3.8) is 0 Å². The minimum atomic E-state index is -0.404. The van der Waals surface area contributed by atoms with E-state index in [1.54, 1.807) is 19.2 Å². The summed E-state index contributed by atoms with van der Waals surface area (Å²) < 4.78 is 0. The predicted molar refractivity (Wildman–Crippen MR) is 75.8 cm³/mol. The molecule has 0 amide bonds. The third kappa shape index (κ3) is 2.85. The minimum absolute atomic E-state index is 0.0862. The van der Waals surface area contributed by atoms with E-state index >= 15 is 0 Å². The highest BCUT2D eigenvalue weighted by Crippen LogP contribution is 2.16. The average molecular weight is 254 g/mol. The lowest BCUT2D eigenvalue weighted by molar-refractivity contribution is -0.384. The summed E-state index contributed by atoms with van der Waals surface area (Å²) in [4.78, 5) is 14.5. The number of benzene rings is 2. The van der Waals surface area contributed by atoms with Crippen molar-refractivity contribution in [2.75, 3.05) is 7.05 Å². The minimum Gasteiger partial charge on any atom is -0.287 e. The highest BCUT2D eigenvalue weighted by molar-refractivity contribution is 6.12. The summed E-state index contributed by atoms with van der Waals surface area (Å²) in [6.07, 6.45) is 0. The second-order valence-electron chi connectivity index (χ2n) is 4.24. The Kier molecular flexibility index (Phi) is 3.71. The highest BCUT2D eigenvalue weighted by Gasteiger charge is 2.09. The van der Waals surface area contributed by atoms with Crippen LogP contribution < -0.4 is 0 Å². The second-order valence-corrected chi connectivity index (χ2v) is 4.24. The number of hydrogen-bond acceptors (Lipinski definition) is 3. The van der Waals surface area contributed by atoms with Gasteiger partial charge < -0.3 is 0 Å². The van der Waals surface area contributed by atoms with Crippen LogP contribution in [-0.4, -0.2) is 17.7 Å². The molecule has 4 nitrogen and oxygen atoms in total. The number of nitrogens with zero attached hydrogens (tertiary/aromatic N) is 2. The molecule has 0 saturated carbocycles. The van der Waals surface area contributed by atoms with E-state index in [0.29, 0.717) is 0 Å². The molecule has 0 spiro atoms. The van der Waals surface area contributed by atoms with E-state index in [2.05, 4.69) is 4.99 Å². The largest absolute Gasteiger partial charge is 0.287 e. The lowest BCUT2D eigenvalue weighted by Crippen LogP contribution is -2.03. The molecule has 0 N–H and O–H groups in total. The fourth-order valence-electron chi connectivity index (χ4n) is 1.88. The zero-order valence-corrected chi connectivity index (χ0v) is 10.8. The van der Waals surface area contributed by atoms with Crippen molar-refractivity contribution in [1.82, 2.24) is 0 Å². The summed E-state index contributed by atoms with van der Waals surface area (Å²) >= 11 is 0. The molecule has 0 aliphatic carbocycles. The lowest BCUT2D eigenvalue weighted by atomic mass is 10.0. The van der Waals surface area contributed by atoms with Gasteiger partial charge in [0.2, 0.25) is 0 Å². The summed E-state index contributed by atoms with van der Waals surface area (Å²) in [5, 5.41) is 10.6. The first-order chi connectivity index (χ1) is 9.11. The summed E-state index contributed by atoms with van der Waals surface area (Å²) in [6.45, 7) is 2.03. The van der Waals surface area contributed by atoms with Crippen LogP contribution in [0.1, 0.15) is 16.7 Å². The molecule has 2 rings (SSSR count). The summed E-state index contributed by atoms with van der Waals surface area (Å²) in [7, 11) is 1.72. The van der Waals surface area contributed by atoms with E-state index in [1.807, 2.05) is 31.2 Å². The first-order valence-electron chi connectivity index (χ1n) is 5.90. The van der Waals surface area contributed by atoms with Crippen molar-refractivity contribution < 1.29 is 4.92 Å². The van der Waals surface area contributed by atoms with E-state index < -0.39 is 4.92 Å². The van der Waals surface area contributed by atoms with Crippen molar-refractivity contribution in [1.29, 1.82) is 0 Å². The van der Waals surface area contributed by atoms with Crippen LogP contribution in [0.15, 0.2) is 53.5 Å². The van der Waals surface area contributed by atoms with Crippen molar-refractivity contribution in [3.8, 4) is 0 Å². The van der Waals surface area contributed by atoms with Gasteiger partial charge >= 0.3 is 0 Å². The van der Waals surface area contributed by atoms with Gasteiger partial charge in [-0.2, -0.15) is 0 Å². The number of hydrogen-bond donors (Lipinski definition) is 0. The Labute approximate surface area is 111 Å². The van der Waals surface area contributed by atoms with Crippen LogP contribution in [0.3, 0.4) is 0 Å². The van der Waals surface area contributed by atoms with E-state index in [0.717, 1.165) is 16.8 Å². The summed E-state index contributed by atoms with van der Waals surface area (Å²) in [5.41, 5.74) is 3.97. The van der Waals surface area contributed by atoms with E-state index in [1.165, 1.54) is 17.7 Å². The third-order valence-corrected chi connectivity index (χ3v) is 2.90. The molecule has 0 radical (unpaired) electrons. The van der Waals surface area contributed by atoms with Crippen molar-refractivity contribution in [2.45, 2.75) is 6.92 Å². The maximum atomic E-state index is 10.6. The fourth-order valence-corrected chi connectivity index (χ4v) is 1.88. The molecular weight excluding hydrogens is 240 g/mol. The Bertz CT molecular complexity index is 614. The van der Waals surface area contributed by atoms with Gasteiger partial charge in [-0.15, -0.1) is 0 Å². The second kappa shape index (κ2) is 5.44. The van der Waals surface area contributed by atoms with Crippen LogP contribution in [0.5, 0.6) is 0 Å². The molecule has 0 aliphatic rings. The Morgan fingerprint density at radius 3 is 1.89 bits per heavy atom. The van der Waals surface area contributed by atoms with Gasteiger partial charge in [-0.1, -0.05) is 29.8 Å². The van der Waals surface area contributed by atoms with Gasteiger partial charge in [0.05, 0.1) is 10.6 Å². The molecule has 4 heteroatoms. The Balaban J connectivity index is 2.37. The van der Waals surface area contributed by atoms with Crippen molar-refractivity contribution >= 4 is 11.4 Å². The first-order valence-corrected chi connectivity index (χ1v) is 5.90. The molecule has 0 heterocycles. The normalized spacial score (nSPS) is 11.4. The molecule has 96 valence electrons. The van der Waals surface area contributed by atoms with E-state index in [-0.39, 0.29) is 5.69 Å². The Hall–Kier alpha value is -2.49. The van der Waals surface area contributed by atoms with Gasteiger partial charge in [-0.3, -0.25) is 15.1 Å². The van der Waals surface area contributed by atoms with Crippen molar-refractivity contribution in [3.05, 3.63) is 75.3 Å². The quantitative estimate of drug-likeness (QED) is 0.479. The number of aryl methyl sites for hydroxylation is 1.